The van der Waals surface area contributed by atoms with Gasteiger partial charge in [-0.15, -0.1) is 0 Å². The van der Waals surface area contributed by atoms with Gasteiger partial charge in [-0.3, -0.25) is 4.98 Å². The Kier molecular flexibility index (Phi) is 6.40. The first-order valence-corrected chi connectivity index (χ1v) is 8.17. The molecule has 1 N–H and O–H groups in total. The molecular formula is C19H18F3NO5. The van der Waals surface area contributed by atoms with Crippen molar-refractivity contribution in [1.29, 1.82) is 0 Å². The first-order valence-electron chi connectivity index (χ1n) is 8.17. The normalized spacial score (nSPS) is 11.2. The summed E-state index contributed by atoms with van der Waals surface area (Å²) in [5.74, 6) is -1.94. The van der Waals surface area contributed by atoms with Crippen LogP contribution in [-0.4, -0.2) is 42.4 Å². The highest BCUT2D eigenvalue weighted by molar-refractivity contribution is 6.07. The van der Waals surface area contributed by atoms with Gasteiger partial charge in [0.2, 0.25) is 0 Å². The fourth-order valence-corrected chi connectivity index (χ4v) is 2.88. The van der Waals surface area contributed by atoms with Crippen LogP contribution >= 0.6 is 0 Å². The number of hydrogen-bond acceptors (Lipinski definition) is 6. The van der Waals surface area contributed by atoms with Gasteiger partial charge in [-0.1, -0.05) is 18.2 Å². The topological polar surface area (TPSA) is 85.7 Å². The van der Waals surface area contributed by atoms with Gasteiger partial charge in [0.1, 0.15) is 6.61 Å². The number of carbonyl (C=O) groups excluding carboxylic acids is 2. The van der Waals surface area contributed by atoms with Crippen LogP contribution in [0.15, 0.2) is 24.3 Å². The monoisotopic (exact) mass is 397 g/mol. The van der Waals surface area contributed by atoms with Gasteiger partial charge < -0.3 is 14.6 Å². The van der Waals surface area contributed by atoms with Gasteiger partial charge in [-0.05, 0) is 25.5 Å². The van der Waals surface area contributed by atoms with Crippen LogP contribution in [0.2, 0.25) is 0 Å². The second kappa shape index (κ2) is 8.39. The van der Waals surface area contributed by atoms with Crippen molar-refractivity contribution in [2.45, 2.75) is 20.0 Å². The number of methoxy groups -OCH3 is 1. The summed E-state index contributed by atoms with van der Waals surface area (Å²) in [5.41, 5.74) is -2.04. The Hall–Kier alpha value is -2.94. The molecule has 0 unspecified atom stereocenters. The number of aromatic nitrogens is 1. The van der Waals surface area contributed by atoms with Gasteiger partial charge in [0.15, 0.2) is 0 Å². The second-order valence-corrected chi connectivity index (χ2v) is 5.80. The van der Waals surface area contributed by atoms with Gasteiger partial charge in [0, 0.05) is 5.56 Å². The molecule has 0 saturated heterocycles. The molecule has 6 nitrogen and oxygen atoms in total. The van der Waals surface area contributed by atoms with Gasteiger partial charge in [0.25, 0.3) is 0 Å². The van der Waals surface area contributed by atoms with E-state index in [2.05, 4.69) is 4.98 Å². The summed E-state index contributed by atoms with van der Waals surface area (Å²) in [6, 6.07) is 4.57. The van der Waals surface area contributed by atoms with Crippen molar-refractivity contribution in [2.24, 2.45) is 0 Å². The van der Waals surface area contributed by atoms with E-state index >= 15 is 0 Å². The zero-order valence-corrected chi connectivity index (χ0v) is 15.4. The van der Waals surface area contributed by atoms with Crippen molar-refractivity contribution in [2.75, 3.05) is 20.3 Å². The van der Waals surface area contributed by atoms with E-state index in [4.69, 9.17) is 14.6 Å². The molecular weight excluding hydrogens is 379 g/mol. The smallest absolute Gasteiger partial charge is 0.417 e. The van der Waals surface area contributed by atoms with E-state index in [1.807, 2.05) is 0 Å². The maximum absolute atomic E-state index is 13.6. The van der Waals surface area contributed by atoms with Crippen LogP contribution in [0.1, 0.15) is 37.7 Å². The van der Waals surface area contributed by atoms with Gasteiger partial charge in [-0.2, -0.15) is 13.2 Å². The van der Waals surface area contributed by atoms with Crippen molar-refractivity contribution < 1.29 is 37.3 Å². The van der Waals surface area contributed by atoms with Crippen LogP contribution in [0.5, 0.6) is 0 Å². The van der Waals surface area contributed by atoms with E-state index in [0.29, 0.717) is 0 Å². The zero-order valence-electron chi connectivity index (χ0n) is 15.4. The molecule has 150 valence electrons. The second-order valence-electron chi connectivity index (χ2n) is 5.80. The highest BCUT2D eigenvalue weighted by Crippen LogP contribution is 2.41. The number of esters is 2. The van der Waals surface area contributed by atoms with Crippen molar-refractivity contribution in [1.82, 2.24) is 4.98 Å². The number of aryl methyl sites for hydroxylation is 2. The molecule has 0 aliphatic carbocycles. The van der Waals surface area contributed by atoms with Crippen LogP contribution in [0, 0.1) is 13.8 Å². The third-order valence-corrected chi connectivity index (χ3v) is 3.98. The van der Waals surface area contributed by atoms with E-state index in [9.17, 15) is 22.8 Å². The van der Waals surface area contributed by atoms with Crippen molar-refractivity contribution in [3.8, 4) is 11.1 Å². The molecule has 1 aromatic carbocycles. The number of halogens is 3. The summed E-state index contributed by atoms with van der Waals surface area (Å²) in [6.45, 7) is 2.02. The third-order valence-electron chi connectivity index (χ3n) is 3.98. The van der Waals surface area contributed by atoms with Crippen LogP contribution < -0.4 is 0 Å². The number of ether oxygens (including phenoxy) is 2. The number of aliphatic hydroxyl groups excluding tert-OH is 1. The summed E-state index contributed by atoms with van der Waals surface area (Å²) in [5, 5.41) is 8.88. The van der Waals surface area contributed by atoms with E-state index in [0.717, 1.165) is 19.2 Å². The predicted octanol–water partition coefficient (Wildman–Crippen LogP) is 3.32. The van der Waals surface area contributed by atoms with Crippen LogP contribution in [0.25, 0.3) is 11.1 Å². The molecule has 0 radical (unpaired) electrons. The lowest BCUT2D eigenvalue weighted by molar-refractivity contribution is -0.137. The molecule has 9 heteroatoms. The number of nitrogens with zero attached hydrogens (tertiary/aromatic N) is 1. The average molecular weight is 397 g/mol. The van der Waals surface area contributed by atoms with Crippen molar-refractivity contribution in [3.05, 3.63) is 52.3 Å². The number of aliphatic hydroxyl groups is 1. The highest BCUT2D eigenvalue weighted by atomic mass is 19.4. The molecule has 0 aliphatic heterocycles. The molecule has 1 aromatic heterocycles. The number of benzene rings is 1. The summed E-state index contributed by atoms with van der Waals surface area (Å²) >= 11 is 0. The maximum atomic E-state index is 13.6. The lowest BCUT2D eigenvalue weighted by atomic mass is 9.89. The van der Waals surface area contributed by atoms with E-state index < -0.39 is 30.3 Å². The molecule has 0 atom stereocenters. The molecule has 0 spiro atoms. The Morgan fingerprint density at radius 2 is 1.64 bits per heavy atom. The number of pyridine rings is 1. The number of carbonyl (C=O) groups is 2. The number of hydrogen-bond donors (Lipinski definition) is 1. The first-order chi connectivity index (χ1) is 13.1. The highest BCUT2D eigenvalue weighted by Gasteiger charge is 2.37. The first kappa shape index (κ1) is 21.4. The van der Waals surface area contributed by atoms with Crippen molar-refractivity contribution in [3.63, 3.8) is 0 Å². The largest absolute Gasteiger partial charge is 0.465 e. The van der Waals surface area contributed by atoms with Crippen molar-refractivity contribution >= 4 is 11.9 Å². The summed E-state index contributed by atoms with van der Waals surface area (Å²) < 4.78 is 50.4. The molecule has 0 saturated carbocycles. The Labute approximate surface area is 158 Å². The van der Waals surface area contributed by atoms with Crippen LogP contribution in [-0.2, 0) is 15.7 Å². The Morgan fingerprint density at radius 1 is 1.07 bits per heavy atom. The molecule has 0 amide bonds. The molecule has 0 fully saturated rings. The molecule has 28 heavy (non-hydrogen) atoms. The molecule has 2 aromatic rings. The molecule has 0 aliphatic rings. The minimum atomic E-state index is -4.73. The maximum Gasteiger partial charge on any atom is 0.417 e. The van der Waals surface area contributed by atoms with E-state index in [1.54, 1.807) is 0 Å². The summed E-state index contributed by atoms with van der Waals surface area (Å²) in [6.07, 6.45) is -4.73. The average Bonchev–Trinajstić information content (AvgIpc) is 2.64. The van der Waals surface area contributed by atoms with E-state index in [-0.39, 0.29) is 40.2 Å². The molecule has 0 bridgehead atoms. The quantitative estimate of drug-likeness (QED) is 0.779. The standard InChI is InChI=1S/C19H18F3NO5/c1-10-14(17(25)27-3)16(12-6-4-5-7-13(12)19(20,21)22)15(11(2)23-10)18(26)28-9-8-24/h4-7,24H,8-9H2,1-3H3. The van der Waals surface area contributed by atoms with Gasteiger partial charge in [-0.25, -0.2) is 9.59 Å². The number of alkyl halides is 3. The summed E-state index contributed by atoms with van der Waals surface area (Å²) in [7, 11) is 1.07. The molecule has 1 heterocycles. The zero-order chi connectivity index (χ0) is 21.1. The van der Waals surface area contributed by atoms with Gasteiger partial charge in [0.05, 0.1) is 41.8 Å². The Morgan fingerprint density at radius 3 is 2.18 bits per heavy atom. The van der Waals surface area contributed by atoms with Crippen LogP contribution in [0.3, 0.4) is 0 Å². The van der Waals surface area contributed by atoms with Gasteiger partial charge >= 0.3 is 18.1 Å². The lowest BCUT2D eigenvalue weighted by Crippen LogP contribution is -2.19. The fourth-order valence-electron chi connectivity index (χ4n) is 2.88. The Bertz CT molecular complexity index is 909. The summed E-state index contributed by atoms with van der Waals surface area (Å²) in [4.78, 5) is 29.0. The van der Waals surface area contributed by atoms with Crippen LogP contribution in [0.4, 0.5) is 13.2 Å². The minimum absolute atomic E-state index is 0.0834. The fraction of sp³-hybridized carbons (Fsp3) is 0.316. The van der Waals surface area contributed by atoms with E-state index in [1.165, 1.54) is 26.0 Å². The minimum Gasteiger partial charge on any atom is -0.465 e. The third kappa shape index (κ3) is 4.14. The number of rotatable bonds is 5. The Balaban J connectivity index is 2.95. The molecule has 2 rings (SSSR count). The lowest BCUT2D eigenvalue weighted by Gasteiger charge is -2.20. The SMILES string of the molecule is COC(=O)c1c(C)nc(C)c(C(=O)OCCO)c1-c1ccccc1C(F)(F)F. The predicted molar refractivity (Wildman–Crippen MR) is 92.9 cm³/mol.